The fourth-order valence-corrected chi connectivity index (χ4v) is 2.03. The fourth-order valence-electron chi connectivity index (χ4n) is 2.03. The van der Waals surface area contributed by atoms with Gasteiger partial charge < -0.3 is 20.1 Å². The predicted molar refractivity (Wildman–Crippen MR) is 60.9 cm³/mol. The Hall–Kier alpha value is -0.160. The third-order valence-electron chi connectivity index (χ3n) is 2.97. The minimum absolute atomic E-state index is 0.169. The highest BCUT2D eigenvalue weighted by atomic mass is 16.5. The molecule has 0 radical (unpaired) electrons. The lowest BCUT2D eigenvalue weighted by atomic mass is 10.1. The van der Waals surface area contributed by atoms with Crippen LogP contribution in [0.3, 0.4) is 0 Å². The van der Waals surface area contributed by atoms with Crippen molar-refractivity contribution in [3.05, 3.63) is 0 Å². The fraction of sp³-hybridized carbons (Fsp3) is 1.00. The van der Waals surface area contributed by atoms with Gasteiger partial charge in [-0.1, -0.05) is 0 Å². The zero-order chi connectivity index (χ0) is 11.1. The summed E-state index contributed by atoms with van der Waals surface area (Å²) in [6.07, 6.45) is 2.42. The summed E-state index contributed by atoms with van der Waals surface area (Å²) in [5, 5.41) is 0. The van der Waals surface area contributed by atoms with Gasteiger partial charge in [0.05, 0.1) is 6.10 Å². The summed E-state index contributed by atoms with van der Waals surface area (Å²) in [4.78, 5) is 2.36. The number of hydrogen-bond acceptors (Lipinski definition) is 4. The van der Waals surface area contributed by atoms with E-state index in [1.807, 2.05) is 6.92 Å². The van der Waals surface area contributed by atoms with Gasteiger partial charge in [-0.15, -0.1) is 0 Å². The maximum Gasteiger partial charge on any atom is 0.0823 e. The van der Waals surface area contributed by atoms with E-state index in [1.165, 1.54) is 0 Å². The Balaban J connectivity index is 2.28. The molecule has 4 heteroatoms. The second kappa shape index (κ2) is 7.17. The largest absolute Gasteiger partial charge is 0.381 e. The quantitative estimate of drug-likeness (QED) is 0.701. The molecule has 1 saturated heterocycles. The molecule has 0 saturated carbocycles. The minimum atomic E-state index is 0.169. The van der Waals surface area contributed by atoms with Crippen LogP contribution in [0.2, 0.25) is 0 Å². The summed E-state index contributed by atoms with van der Waals surface area (Å²) in [6.45, 7) is 6.05. The average Bonchev–Trinajstić information content (AvgIpc) is 2.29. The van der Waals surface area contributed by atoms with E-state index in [9.17, 15) is 0 Å². The first-order valence-electron chi connectivity index (χ1n) is 5.87. The molecule has 0 amide bonds. The number of hydrogen-bond donors (Lipinski definition) is 1. The molecule has 0 aromatic carbocycles. The van der Waals surface area contributed by atoms with E-state index in [0.717, 1.165) is 39.2 Å². The van der Waals surface area contributed by atoms with Crippen LogP contribution < -0.4 is 5.73 Å². The van der Waals surface area contributed by atoms with Crippen molar-refractivity contribution in [3.8, 4) is 0 Å². The van der Waals surface area contributed by atoms with Gasteiger partial charge in [0.15, 0.2) is 0 Å². The number of rotatable bonds is 6. The molecule has 1 heterocycles. The van der Waals surface area contributed by atoms with E-state index >= 15 is 0 Å². The second-order valence-corrected chi connectivity index (χ2v) is 4.10. The van der Waals surface area contributed by atoms with Crippen molar-refractivity contribution in [3.63, 3.8) is 0 Å². The van der Waals surface area contributed by atoms with E-state index in [-0.39, 0.29) is 6.10 Å². The van der Waals surface area contributed by atoms with Crippen molar-refractivity contribution >= 4 is 0 Å². The predicted octanol–water partition coefficient (Wildman–Crippen LogP) is 0.461. The number of nitrogens with zero attached hydrogens (tertiary/aromatic N) is 1. The van der Waals surface area contributed by atoms with E-state index in [4.69, 9.17) is 15.2 Å². The molecule has 0 aromatic heterocycles. The zero-order valence-electron chi connectivity index (χ0n) is 9.95. The molecule has 0 aromatic rings. The van der Waals surface area contributed by atoms with Crippen LogP contribution in [-0.4, -0.2) is 57.0 Å². The summed E-state index contributed by atoms with van der Waals surface area (Å²) >= 11 is 0. The smallest absolute Gasteiger partial charge is 0.0823 e. The van der Waals surface area contributed by atoms with Gasteiger partial charge in [0.1, 0.15) is 0 Å². The van der Waals surface area contributed by atoms with Crippen LogP contribution in [0.4, 0.5) is 0 Å². The van der Waals surface area contributed by atoms with Crippen LogP contribution in [0.15, 0.2) is 0 Å². The topological polar surface area (TPSA) is 47.7 Å². The first kappa shape index (κ1) is 12.9. The molecule has 1 unspecified atom stereocenters. The van der Waals surface area contributed by atoms with Crippen molar-refractivity contribution in [2.75, 3.05) is 40.0 Å². The van der Waals surface area contributed by atoms with Crippen LogP contribution in [-0.2, 0) is 9.47 Å². The van der Waals surface area contributed by atoms with E-state index in [2.05, 4.69) is 11.9 Å². The monoisotopic (exact) mass is 216 g/mol. The molecule has 0 spiro atoms. The highest BCUT2D eigenvalue weighted by molar-refractivity contribution is 4.75. The lowest BCUT2D eigenvalue weighted by Gasteiger charge is -2.33. The van der Waals surface area contributed by atoms with Gasteiger partial charge in [-0.25, -0.2) is 0 Å². The molecule has 0 bridgehead atoms. The second-order valence-electron chi connectivity index (χ2n) is 4.10. The van der Waals surface area contributed by atoms with Gasteiger partial charge in [-0.05, 0) is 26.8 Å². The Bertz CT molecular complexity index is 161. The zero-order valence-corrected chi connectivity index (χ0v) is 9.95. The summed E-state index contributed by atoms with van der Waals surface area (Å²) in [5.74, 6) is 0. The van der Waals surface area contributed by atoms with E-state index in [0.29, 0.717) is 12.6 Å². The molecule has 1 atom stereocenters. The van der Waals surface area contributed by atoms with E-state index in [1.54, 1.807) is 0 Å². The number of likely N-dealkylation sites (N-methyl/N-ethyl adjacent to an activating group) is 1. The van der Waals surface area contributed by atoms with Crippen LogP contribution in [0, 0.1) is 0 Å². The Morgan fingerprint density at radius 3 is 2.67 bits per heavy atom. The van der Waals surface area contributed by atoms with Crippen molar-refractivity contribution in [1.82, 2.24) is 4.90 Å². The molecule has 2 N–H and O–H groups in total. The lowest BCUT2D eigenvalue weighted by molar-refractivity contribution is 0.00508. The summed E-state index contributed by atoms with van der Waals surface area (Å²) < 4.78 is 10.9. The van der Waals surface area contributed by atoms with Gasteiger partial charge in [0.2, 0.25) is 0 Å². The Labute approximate surface area is 92.7 Å². The van der Waals surface area contributed by atoms with Gasteiger partial charge in [0.25, 0.3) is 0 Å². The normalized spacial score (nSPS) is 20.8. The Morgan fingerprint density at radius 2 is 2.13 bits per heavy atom. The highest BCUT2D eigenvalue weighted by Gasteiger charge is 2.20. The molecule has 1 rings (SSSR count). The van der Waals surface area contributed by atoms with Crippen LogP contribution in [0.5, 0.6) is 0 Å². The minimum Gasteiger partial charge on any atom is -0.381 e. The third-order valence-corrected chi connectivity index (χ3v) is 2.97. The highest BCUT2D eigenvalue weighted by Crippen LogP contribution is 2.13. The van der Waals surface area contributed by atoms with Crippen molar-refractivity contribution in [1.29, 1.82) is 0 Å². The molecule has 1 fully saturated rings. The molecule has 90 valence electrons. The first-order chi connectivity index (χ1) is 7.27. The molecule has 4 nitrogen and oxygen atoms in total. The molecule has 1 aliphatic rings. The summed E-state index contributed by atoms with van der Waals surface area (Å²) in [5.41, 5.74) is 5.66. The summed E-state index contributed by atoms with van der Waals surface area (Å²) in [7, 11) is 2.15. The summed E-state index contributed by atoms with van der Waals surface area (Å²) in [6, 6.07) is 0.633. The number of nitrogens with two attached hydrogens (primary N) is 1. The lowest BCUT2D eigenvalue weighted by Crippen LogP contribution is -2.43. The molecule has 15 heavy (non-hydrogen) atoms. The van der Waals surface area contributed by atoms with Crippen molar-refractivity contribution in [2.45, 2.75) is 31.9 Å². The number of ether oxygens (including phenoxy) is 2. The van der Waals surface area contributed by atoms with Crippen LogP contribution in [0.25, 0.3) is 0 Å². The maximum absolute atomic E-state index is 5.66. The van der Waals surface area contributed by atoms with Crippen molar-refractivity contribution in [2.24, 2.45) is 5.73 Å². The molecular weight excluding hydrogens is 192 g/mol. The first-order valence-corrected chi connectivity index (χ1v) is 5.87. The van der Waals surface area contributed by atoms with Gasteiger partial charge in [-0.2, -0.15) is 0 Å². The SMILES string of the molecule is CCOC(CN)CN(C)C1CCOCC1. The van der Waals surface area contributed by atoms with E-state index < -0.39 is 0 Å². The van der Waals surface area contributed by atoms with Crippen molar-refractivity contribution < 1.29 is 9.47 Å². The van der Waals surface area contributed by atoms with Crippen LogP contribution >= 0.6 is 0 Å². The molecule has 0 aliphatic carbocycles. The van der Waals surface area contributed by atoms with Gasteiger partial charge >= 0.3 is 0 Å². The standard InChI is InChI=1S/C11H24N2O2/c1-3-15-11(8-12)9-13(2)10-4-6-14-7-5-10/h10-11H,3-9,12H2,1-2H3. The average molecular weight is 216 g/mol. The Kier molecular flexibility index (Phi) is 6.17. The molecule has 1 aliphatic heterocycles. The van der Waals surface area contributed by atoms with Gasteiger partial charge in [0, 0.05) is 39.0 Å². The van der Waals surface area contributed by atoms with Gasteiger partial charge in [-0.3, -0.25) is 0 Å². The molecular formula is C11H24N2O2. The Morgan fingerprint density at radius 1 is 1.47 bits per heavy atom. The maximum atomic E-state index is 5.66. The van der Waals surface area contributed by atoms with Crippen LogP contribution in [0.1, 0.15) is 19.8 Å². The third kappa shape index (κ3) is 4.47.